The van der Waals surface area contributed by atoms with Crippen molar-refractivity contribution < 1.29 is 0 Å². The minimum absolute atomic E-state index is 0.763. The van der Waals surface area contributed by atoms with Gasteiger partial charge in [-0.1, -0.05) is 29.3 Å². The Balaban J connectivity index is 1.79. The number of nitrogens with one attached hydrogen (secondary N) is 2. The molecular formula is C16H19ClN2. The molecule has 0 aliphatic rings. The summed E-state index contributed by atoms with van der Waals surface area (Å²) in [6.45, 7) is 5.99. The van der Waals surface area contributed by atoms with Crippen LogP contribution in [-0.2, 0) is 0 Å². The molecular weight excluding hydrogens is 256 g/mol. The first kappa shape index (κ1) is 13.8. The molecule has 2 aromatic rings. The van der Waals surface area contributed by atoms with E-state index in [0.29, 0.717) is 0 Å². The predicted molar refractivity (Wildman–Crippen MR) is 84.3 cm³/mol. The van der Waals surface area contributed by atoms with Crippen LogP contribution in [0, 0.1) is 13.8 Å². The van der Waals surface area contributed by atoms with Crippen LogP contribution in [0.15, 0.2) is 42.5 Å². The van der Waals surface area contributed by atoms with Gasteiger partial charge in [0.25, 0.3) is 0 Å². The quantitative estimate of drug-likeness (QED) is 0.786. The van der Waals surface area contributed by atoms with Crippen LogP contribution in [0.2, 0.25) is 5.02 Å². The third-order valence-electron chi connectivity index (χ3n) is 3.00. The lowest BCUT2D eigenvalue weighted by molar-refractivity contribution is 1.07. The van der Waals surface area contributed by atoms with Gasteiger partial charge in [0.05, 0.1) is 0 Å². The summed E-state index contributed by atoms with van der Waals surface area (Å²) >= 11 is 5.84. The second-order valence-electron chi connectivity index (χ2n) is 4.68. The monoisotopic (exact) mass is 274 g/mol. The molecule has 100 valence electrons. The zero-order chi connectivity index (χ0) is 13.7. The molecule has 0 fully saturated rings. The first-order valence-electron chi connectivity index (χ1n) is 6.46. The molecule has 19 heavy (non-hydrogen) atoms. The van der Waals surface area contributed by atoms with Crippen molar-refractivity contribution in [3.63, 3.8) is 0 Å². The Bertz CT molecular complexity index is 535. The van der Waals surface area contributed by atoms with E-state index in [1.165, 1.54) is 16.8 Å². The molecule has 0 radical (unpaired) electrons. The molecule has 0 heterocycles. The van der Waals surface area contributed by atoms with Crippen molar-refractivity contribution in [1.29, 1.82) is 0 Å². The van der Waals surface area contributed by atoms with Gasteiger partial charge < -0.3 is 10.6 Å². The normalized spacial score (nSPS) is 10.3. The van der Waals surface area contributed by atoms with Crippen LogP contribution >= 0.6 is 11.6 Å². The highest BCUT2D eigenvalue weighted by Crippen LogP contribution is 2.16. The van der Waals surface area contributed by atoms with E-state index in [4.69, 9.17) is 11.6 Å². The van der Waals surface area contributed by atoms with Gasteiger partial charge in [-0.3, -0.25) is 0 Å². The first-order valence-corrected chi connectivity index (χ1v) is 6.83. The number of benzene rings is 2. The Morgan fingerprint density at radius 3 is 2.26 bits per heavy atom. The summed E-state index contributed by atoms with van der Waals surface area (Å²) in [5, 5.41) is 7.55. The molecule has 2 N–H and O–H groups in total. The van der Waals surface area contributed by atoms with Gasteiger partial charge in [0, 0.05) is 29.5 Å². The Hall–Kier alpha value is -1.67. The molecule has 0 saturated carbocycles. The fraction of sp³-hybridized carbons (Fsp3) is 0.250. The minimum Gasteiger partial charge on any atom is -0.383 e. The van der Waals surface area contributed by atoms with Gasteiger partial charge in [0.15, 0.2) is 0 Å². The number of halogens is 1. The van der Waals surface area contributed by atoms with E-state index in [1.807, 2.05) is 24.3 Å². The second kappa shape index (κ2) is 6.48. The zero-order valence-corrected chi connectivity index (χ0v) is 12.1. The SMILES string of the molecule is Cc1ccc(NCCNc2ccc(Cl)cc2)c(C)c1. The van der Waals surface area contributed by atoms with Crippen molar-refractivity contribution in [3.05, 3.63) is 58.6 Å². The molecule has 2 nitrogen and oxygen atoms in total. The molecule has 0 amide bonds. The van der Waals surface area contributed by atoms with Crippen molar-refractivity contribution in [1.82, 2.24) is 0 Å². The molecule has 0 aliphatic heterocycles. The highest BCUT2D eigenvalue weighted by atomic mass is 35.5. The van der Waals surface area contributed by atoms with Crippen molar-refractivity contribution in [2.45, 2.75) is 13.8 Å². The van der Waals surface area contributed by atoms with Gasteiger partial charge in [-0.05, 0) is 49.7 Å². The van der Waals surface area contributed by atoms with Gasteiger partial charge >= 0.3 is 0 Å². The predicted octanol–water partition coefficient (Wildman–Crippen LogP) is 4.48. The largest absolute Gasteiger partial charge is 0.383 e. The maximum Gasteiger partial charge on any atom is 0.0407 e. The van der Waals surface area contributed by atoms with Gasteiger partial charge in [-0.15, -0.1) is 0 Å². The molecule has 0 spiro atoms. The number of aryl methyl sites for hydroxylation is 2. The number of hydrogen-bond donors (Lipinski definition) is 2. The van der Waals surface area contributed by atoms with Gasteiger partial charge in [-0.25, -0.2) is 0 Å². The Labute approximate surface area is 119 Å². The van der Waals surface area contributed by atoms with Gasteiger partial charge in [0.2, 0.25) is 0 Å². The molecule has 0 aromatic heterocycles. The number of anilines is 2. The molecule has 2 rings (SSSR count). The topological polar surface area (TPSA) is 24.1 Å². The lowest BCUT2D eigenvalue weighted by Crippen LogP contribution is -2.14. The van der Waals surface area contributed by atoms with Crippen molar-refractivity contribution in [3.8, 4) is 0 Å². The average molecular weight is 275 g/mol. The van der Waals surface area contributed by atoms with E-state index in [1.54, 1.807) is 0 Å². The third-order valence-corrected chi connectivity index (χ3v) is 3.25. The second-order valence-corrected chi connectivity index (χ2v) is 5.12. The molecule has 0 atom stereocenters. The van der Waals surface area contributed by atoms with Crippen LogP contribution in [0.1, 0.15) is 11.1 Å². The van der Waals surface area contributed by atoms with Crippen LogP contribution in [0.25, 0.3) is 0 Å². The Morgan fingerprint density at radius 1 is 0.895 bits per heavy atom. The van der Waals surface area contributed by atoms with Crippen molar-refractivity contribution in [2.75, 3.05) is 23.7 Å². The Kier molecular flexibility index (Phi) is 4.69. The fourth-order valence-corrected chi connectivity index (χ4v) is 2.11. The average Bonchev–Trinajstić information content (AvgIpc) is 2.39. The summed E-state index contributed by atoms with van der Waals surface area (Å²) < 4.78 is 0. The maximum atomic E-state index is 5.84. The van der Waals surface area contributed by atoms with Gasteiger partial charge in [-0.2, -0.15) is 0 Å². The maximum absolute atomic E-state index is 5.84. The standard InChI is InChI=1S/C16H19ClN2/c1-12-3-8-16(13(2)11-12)19-10-9-18-15-6-4-14(17)5-7-15/h3-8,11,18-19H,9-10H2,1-2H3. The highest BCUT2D eigenvalue weighted by Gasteiger charge is 1.97. The smallest absolute Gasteiger partial charge is 0.0407 e. The van der Waals surface area contributed by atoms with E-state index in [0.717, 1.165) is 23.8 Å². The van der Waals surface area contributed by atoms with Crippen LogP contribution in [0.3, 0.4) is 0 Å². The summed E-state index contributed by atoms with van der Waals surface area (Å²) in [6.07, 6.45) is 0. The Morgan fingerprint density at radius 2 is 1.58 bits per heavy atom. The molecule has 0 aliphatic carbocycles. The third kappa shape index (κ3) is 4.18. The summed E-state index contributed by atoms with van der Waals surface area (Å²) in [7, 11) is 0. The summed E-state index contributed by atoms with van der Waals surface area (Å²) in [4.78, 5) is 0. The van der Waals surface area contributed by atoms with E-state index in [-0.39, 0.29) is 0 Å². The molecule has 0 unspecified atom stereocenters. The summed E-state index contributed by atoms with van der Waals surface area (Å²) in [5.41, 5.74) is 4.86. The lowest BCUT2D eigenvalue weighted by Gasteiger charge is -2.11. The van der Waals surface area contributed by atoms with Gasteiger partial charge in [0.1, 0.15) is 0 Å². The number of rotatable bonds is 5. The minimum atomic E-state index is 0.763. The van der Waals surface area contributed by atoms with E-state index in [9.17, 15) is 0 Å². The van der Waals surface area contributed by atoms with Crippen LogP contribution in [0.4, 0.5) is 11.4 Å². The van der Waals surface area contributed by atoms with Crippen LogP contribution in [-0.4, -0.2) is 13.1 Å². The number of hydrogen-bond acceptors (Lipinski definition) is 2. The molecule has 0 saturated heterocycles. The zero-order valence-electron chi connectivity index (χ0n) is 11.3. The molecule has 0 bridgehead atoms. The van der Waals surface area contributed by atoms with Crippen LogP contribution in [0.5, 0.6) is 0 Å². The molecule has 2 aromatic carbocycles. The van der Waals surface area contributed by atoms with E-state index >= 15 is 0 Å². The first-order chi connectivity index (χ1) is 9.15. The lowest BCUT2D eigenvalue weighted by atomic mass is 10.1. The highest BCUT2D eigenvalue weighted by molar-refractivity contribution is 6.30. The van der Waals surface area contributed by atoms with Crippen LogP contribution < -0.4 is 10.6 Å². The van der Waals surface area contributed by atoms with Crippen molar-refractivity contribution >= 4 is 23.0 Å². The summed E-state index contributed by atoms with van der Waals surface area (Å²) in [5.74, 6) is 0. The fourth-order valence-electron chi connectivity index (χ4n) is 1.98. The van der Waals surface area contributed by atoms with Crippen molar-refractivity contribution in [2.24, 2.45) is 0 Å². The summed E-state index contributed by atoms with van der Waals surface area (Å²) in [6, 6.07) is 14.2. The van der Waals surface area contributed by atoms with E-state index in [2.05, 4.69) is 42.7 Å². The molecule has 3 heteroatoms. The van der Waals surface area contributed by atoms with E-state index < -0.39 is 0 Å².